The summed E-state index contributed by atoms with van der Waals surface area (Å²) in [6.07, 6.45) is 8.38. The molecule has 10 aromatic rings. The summed E-state index contributed by atoms with van der Waals surface area (Å²) in [5, 5.41) is 3.38. The number of hydrogen-bond donors (Lipinski definition) is 0. The van der Waals surface area contributed by atoms with Gasteiger partial charge in [0.2, 0.25) is 0 Å². The first-order chi connectivity index (χ1) is 31.6. The standard InChI is InChI=1S/C61H43N3/c1-3-4-8-19-41(2)61(48-24-13-7-14-25-48)54-28-17-15-26-49(54)52-38-51-50-27-16-18-29-56(50)62-59(53(51)39-55(52)61)46-34-36-47(37-35-46)60-63-57(44-22-11-6-12-23-44)40-58(64-60)45-32-30-43(31-33-45)42-20-9-5-10-21-42/h3-40H,2H2,1H3/b4-3-,19-8-. The summed E-state index contributed by atoms with van der Waals surface area (Å²) in [4.78, 5) is 15.8. The highest BCUT2D eigenvalue weighted by molar-refractivity contribution is 6.13. The lowest BCUT2D eigenvalue weighted by Crippen LogP contribution is -2.28. The summed E-state index contributed by atoms with van der Waals surface area (Å²) in [5.41, 5.74) is 16.4. The minimum atomic E-state index is -0.618. The number of benzene rings is 8. The number of fused-ring (bicyclic) bond motifs is 6. The molecule has 0 bridgehead atoms. The van der Waals surface area contributed by atoms with E-state index >= 15 is 0 Å². The Balaban J connectivity index is 1.07. The predicted molar refractivity (Wildman–Crippen MR) is 267 cm³/mol. The van der Waals surface area contributed by atoms with Crippen molar-refractivity contribution in [3.05, 3.63) is 259 Å². The molecule has 64 heavy (non-hydrogen) atoms. The molecule has 0 spiro atoms. The van der Waals surface area contributed by atoms with Crippen molar-refractivity contribution >= 4 is 21.7 Å². The molecule has 2 aromatic heterocycles. The summed E-state index contributed by atoms with van der Waals surface area (Å²) in [6.45, 7) is 6.86. The van der Waals surface area contributed by atoms with Crippen molar-refractivity contribution < 1.29 is 0 Å². The van der Waals surface area contributed by atoms with Crippen LogP contribution in [0.5, 0.6) is 0 Å². The van der Waals surface area contributed by atoms with E-state index in [-0.39, 0.29) is 0 Å². The van der Waals surface area contributed by atoms with E-state index in [2.05, 4.69) is 212 Å². The summed E-state index contributed by atoms with van der Waals surface area (Å²) >= 11 is 0. The van der Waals surface area contributed by atoms with Crippen LogP contribution < -0.4 is 0 Å². The molecule has 3 heteroatoms. The van der Waals surface area contributed by atoms with Gasteiger partial charge in [-0.25, -0.2) is 15.0 Å². The van der Waals surface area contributed by atoms with Gasteiger partial charge in [0.05, 0.1) is 28.0 Å². The average Bonchev–Trinajstić information content (AvgIpc) is 3.66. The normalized spacial score (nSPS) is 14.3. The fourth-order valence-corrected chi connectivity index (χ4v) is 9.60. The van der Waals surface area contributed by atoms with Crippen LogP contribution in [0.15, 0.2) is 243 Å². The van der Waals surface area contributed by atoms with Gasteiger partial charge < -0.3 is 0 Å². The van der Waals surface area contributed by atoms with Crippen molar-refractivity contribution in [1.82, 2.24) is 15.0 Å². The molecule has 2 heterocycles. The minimum absolute atomic E-state index is 0.618. The lowest BCUT2D eigenvalue weighted by molar-refractivity contribution is 0.771. The van der Waals surface area contributed by atoms with Crippen LogP contribution in [-0.2, 0) is 5.41 Å². The zero-order valence-electron chi connectivity index (χ0n) is 35.5. The van der Waals surface area contributed by atoms with Crippen molar-refractivity contribution in [2.24, 2.45) is 0 Å². The lowest BCUT2D eigenvalue weighted by atomic mass is 9.67. The van der Waals surface area contributed by atoms with Crippen LogP contribution in [-0.4, -0.2) is 15.0 Å². The molecule has 0 amide bonds. The smallest absolute Gasteiger partial charge is 0.160 e. The van der Waals surface area contributed by atoms with E-state index in [0.717, 1.165) is 61.2 Å². The molecule has 0 N–H and O–H groups in total. The van der Waals surface area contributed by atoms with Gasteiger partial charge in [-0.05, 0) is 81.1 Å². The third kappa shape index (κ3) is 6.58. The van der Waals surface area contributed by atoms with Crippen LogP contribution in [0.25, 0.3) is 89.1 Å². The van der Waals surface area contributed by atoms with Gasteiger partial charge in [0.25, 0.3) is 0 Å². The molecule has 0 fully saturated rings. The van der Waals surface area contributed by atoms with Gasteiger partial charge in [0.15, 0.2) is 5.82 Å². The Labute approximate surface area is 374 Å². The van der Waals surface area contributed by atoms with E-state index in [0.29, 0.717) is 5.82 Å². The summed E-state index contributed by atoms with van der Waals surface area (Å²) < 4.78 is 0. The highest BCUT2D eigenvalue weighted by atomic mass is 14.9. The summed E-state index contributed by atoms with van der Waals surface area (Å²) in [7, 11) is 0. The number of rotatable bonds is 9. The largest absolute Gasteiger partial charge is 0.247 e. The van der Waals surface area contributed by atoms with E-state index in [1.165, 1.54) is 44.3 Å². The van der Waals surface area contributed by atoms with Crippen molar-refractivity contribution in [1.29, 1.82) is 0 Å². The third-order valence-electron chi connectivity index (χ3n) is 12.7. The fraction of sp³-hybridized carbons (Fsp3) is 0.0328. The van der Waals surface area contributed by atoms with Gasteiger partial charge in [0, 0.05) is 33.0 Å². The number of para-hydroxylation sites is 1. The number of aromatic nitrogens is 3. The Morgan fingerprint density at radius 2 is 1.00 bits per heavy atom. The Bertz CT molecular complexity index is 3420. The van der Waals surface area contributed by atoms with E-state index in [9.17, 15) is 0 Å². The number of hydrogen-bond acceptors (Lipinski definition) is 3. The van der Waals surface area contributed by atoms with E-state index in [4.69, 9.17) is 21.5 Å². The summed E-state index contributed by atoms with van der Waals surface area (Å²) in [5.74, 6) is 0.666. The molecule has 0 aliphatic heterocycles. The van der Waals surface area contributed by atoms with Crippen molar-refractivity contribution in [2.75, 3.05) is 0 Å². The van der Waals surface area contributed by atoms with Crippen LogP contribution in [0, 0.1) is 0 Å². The Morgan fingerprint density at radius 1 is 0.438 bits per heavy atom. The van der Waals surface area contributed by atoms with E-state index < -0.39 is 5.41 Å². The van der Waals surface area contributed by atoms with Crippen molar-refractivity contribution in [3.8, 4) is 67.4 Å². The first-order valence-electron chi connectivity index (χ1n) is 21.8. The Morgan fingerprint density at radius 3 is 1.72 bits per heavy atom. The number of nitrogens with zero attached hydrogens (tertiary/aromatic N) is 3. The van der Waals surface area contributed by atoms with E-state index in [1.54, 1.807) is 0 Å². The predicted octanol–water partition coefficient (Wildman–Crippen LogP) is 15.5. The third-order valence-corrected chi connectivity index (χ3v) is 12.7. The Kier molecular flexibility index (Phi) is 9.79. The first kappa shape index (κ1) is 38.6. The van der Waals surface area contributed by atoms with Crippen LogP contribution in [0.4, 0.5) is 0 Å². The van der Waals surface area contributed by atoms with Crippen LogP contribution in [0.2, 0.25) is 0 Å². The second-order valence-electron chi connectivity index (χ2n) is 16.3. The molecule has 1 aliphatic rings. The van der Waals surface area contributed by atoms with Crippen LogP contribution in [0.1, 0.15) is 23.6 Å². The fourth-order valence-electron chi connectivity index (χ4n) is 9.60. The molecule has 3 nitrogen and oxygen atoms in total. The molecular weight excluding hydrogens is 775 g/mol. The monoisotopic (exact) mass is 817 g/mol. The quantitative estimate of drug-likeness (QED) is 0.108. The highest BCUT2D eigenvalue weighted by Crippen LogP contribution is 2.57. The molecule has 302 valence electrons. The van der Waals surface area contributed by atoms with E-state index in [1.807, 2.05) is 25.1 Å². The first-order valence-corrected chi connectivity index (χ1v) is 21.8. The van der Waals surface area contributed by atoms with Crippen molar-refractivity contribution in [3.63, 3.8) is 0 Å². The lowest BCUT2D eigenvalue weighted by Gasteiger charge is -2.34. The van der Waals surface area contributed by atoms with Gasteiger partial charge in [-0.2, -0.15) is 0 Å². The maximum absolute atomic E-state index is 5.44. The molecule has 0 saturated carbocycles. The molecule has 1 unspecified atom stereocenters. The van der Waals surface area contributed by atoms with Gasteiger partial charge in [-0.3, -0.25) is 0 Å². The average molecular weight is 818 g/mol. The molecule has 1 aliphatic carbocycles. The van der Waals surface area contributed by atoms with Gasteiger partial charge in [-0.15, -0.1) is 0 Å². The molecule has 1 atom stereocenters. The minimum Gasteiger partial charge on any atom is -0.247 e. The second-order valence-corrected chi connectivity index (χ2v) is 16.3. The highest BCUT2D eigenvalue weighted by Gasteiger charge is 2.46. The maximum Gasteiger partial charge on any atom is 0.160 e. The van der Waals surface area contributed by atoms with Gasteiger partial charge >= 0.3 is 0 Å². The van der Waals surface area contributed by atoms with Gasteiger partial charge in [-0.1, -0.05) is 213 Å². The zero-order valence-corrected chi connectivity index (χ0v) is 35.5. The molecule has 8 aromatic carbocycles. The summed E-state index contributed by atoms with van der Waals surface area (Å²) in [6, 6.07) is 73.1. The molecule has 11 rings (SSSR count). The van der Waals surface area contributed by atoms with Crippen LogP contribution in [0.3, 0.4) is 0 Å². The van der Waals surface area contributed by atoms with Crippen molar-refractivity contribution in [2.45, 2.75) is 12.3 Å². The molecule has 0 saturated heterocycles. The number of allylic oxidation sites excluding steroid dienone is 5. The molecule has 0 radical (unpaired) electrons. The molecular formula is C61H43N3. The zero-order chi connectivity index (χ0) is 43.0. The van der Waals surface area contributed by atoms with Gasteiger partial charge in [0.1, 0.15) is 0 Å². The SMILES string of the molecule is C=C(/C=C\C=C/C)C1(c2ccccc2)c2ccccc2-c2cc3c(cc21)c(-c1ccc(-c2nc(-c4ccccc4)cc(-c4ccc(-c5ccccc5)cc4)n2)cc1)nc1ccccc13. The second kappa shape index (κ2) is 16.2. The number of pyridine rings is 1. The van der Waals surface area contributed by atoms with Crippen LogP contribution >= 0.6 is 0 Å². The topological polar surface area (TPSA) is 38.7 Å². The Hall–Kier alpha value is -8.27. The maximum atomic E-state index is 5.44.